The number of aryl methyl sites for hydroxylation is 2. The van der Waals surface area contributed by atoms with Gasteiger partial charge in [0.1, 0.15) is 5.82 Å². The van der Waals surface area contributed by atoms with Crippen molar-refractivity contribution in [3.8, 4) is 0 Å². The summed E-state index contributed by atoms with van der Waals surface area (Å²) in [6, 6.07) is 4.07. The highest BCUT2D eigenvalue weighted by atomic mass is 32.1. The third-order valence-electron chi connectivity index (χ3n) is 3.20. The Morgan fingerprint density at radius 3 is 2.88 bits per heavy atom. The summed E-state index contributed by atoms with van der Waals surface area (Å²) in [5.74, 6) is 2.15. The maximum absolute atomic E-state index is 12.0. The van der Waals surface area contributed by atoms with Crippen LogP contribution in [0.2, 0.25) is 0 Å². The normalized spacial score (nSPS) is 20.1. The molecule has 3 nitrogen and oxygen atoms in total. The molecule has 1 unspecified atom stereocenters. The van der Waals surface area contributed by atoms with E-state index in [1.807, 2.05) is 17.9 Å². The number of thiol groups is 1. The second kappa shape index (κ2) is 5.08. The first-order chi connectivity index (χ1) is 8.15. The van der Waals surface area contributed by atoms with Gasteiger partial charge in [0, 0.05) is 18.7 Å². The van der Waals surface area contributed by atoms with Crippen LogP contribution < -0.4 is 4.90 Å². The van der Waals surface area contributed by atoms with Gasteiger partial charge >= 0.3 is 0 Å². The van der Waals surface area contributed by atoms with Crippen molar-refractivity contribution in [3.05, 3.63) is 23.4 Å². The molecule has 2 rings (SSSR count). The van der Waals surface area contributed by atoms with E-state index in [0.29, 0.717) is 12.3 Å². The first kappa shape index (κ1) is 12.4. The summed E-state index contributed by atoms with van der Waals surface area (Å²) in [6.45, 7) is 4.80. The topological polar surface area (TPSA) is 33.2 Å². The average molecular weight is 250 g/mol. The zero-order chi connectivity index (χ0) is 12.4. The zero-order valence-electron chi connectivity index (χ0n) is 10.3. The molecule has 1 amide bonds. The van der Waals surface area contributed by atoms with Crippen molar-refractivity contribution >= 4 is 24.4 Å². The van der Waals surface area contributed by atoms with Crippen LogP contribution in [0, 0.1) is 12.8 Å². The van der Waals surface area contributed by atoms with Crippen LogP contribution in [0.5, 0.6) is 0 Å². The average Bonchev–Trinajstić information content (AvgIpc) is 2.70. The van der Waals surface area contributed by atoms with Crippen molar-refractivity contribution in [1.29, 1.82) is 0 Å². The van der Waals surface area contributed by atoms with Crippen LogP contribution in [0.25, 0.3) is 0 Å². The van der Waals surface area contributed by atoms with Gasteiger partial charge in [-0.25, -0.2) is 4.98 Å². The number of pyridine rings is 1. The lowest BCUT2D eigenvalue weighted by Crippen LogP contribution is -2.27. The molecule has 1 fully saturated rings. The number of nitrogens with zero attached hydrogens (tertiary/aromatic N) is 2. The second-order valence-corrected chi connectivity index (χ2v) is 4.91. The summed E-state index contributed by atoms with van der Waals surface area (Å²) in [6.07, 6.45) is 1.50. The fourth-order valence-electron chi connectivity index (χ4n) is 2.19. The number of amides is 1. The Bertz CT molecular complexity index is 433. The van der Waals surface area contributed by atoms with E-state index in [-0.39, 0.29) is 5.91 Å². The van der Waals surface area contributed by atoms with Crippen LogP contribution in [0.15, 0.2) is 12.1 Å². The summed E-state index contributed by atoms with van der Waals surface area (Å²) in [5.41, 5.74) is 2.10. The minimum atomic E-state index is 0.178. The van der Waals surface area contributed by atoms with E-state index in [4.69, 9.17) is 0 Å². The molecule has 1 aromatic heterocycles. The zero-order valence-corrected chi connectivity index (χ0v) is 11.2. The van der Waals surface area contributed by atoms with E-state index in [9.17, 15) is 4.79 Å². The predicted octanol–water partition coefficient (Wildman–Crippen LogP) is 2.24. The lowest BCUT2D eigenvalue weighted by molar-refractivity contribution is -0.117. The van der Waals surface area contributed by atoms with Crippen LogP contribution in [0.1, 0.15) is 24.6 Å². The van der Waals surface area contributed by atoms with E-state index >= 15 is 0 Å². The Hall–Kier alpha value is -1.03. The van der Waals surface area contributed by atoms with Crippen molar-refractivity contribution in [2.24, 2.45) is 5.92 Å². The first-order valence-corrected chi connectivity index (χ1v) is 6.66. The molecule has 17 heavy (non-hydrogen) atoms. The Morgan fingerprint density at radius 1 is 1.53 bits per heavy atom. The maximum Gasteiger partial charge on any atom is 0.228 e. The van der Waals surface area contributed by atoms with Crippen molar-refractivity contribution in [2.45, 2.75) is 26.7 Å². The van der Waals surface area contributed by atoms with Crippen LogP contribution in [-0.2, 0) is 11.2 Å². The molecule has 1 aliphatic heterocycles. The quantitative estimate of drug-likeness (QED) is 0.835. The van der Waals surface area contributed by atoms with Gasteiger partial charge in [-0.1, -0.05) is 13.0 Å². The number of carbonyl (C=O) groups excluding carboxylic acids is 1. The van der Waals surface area contributed by atoms with Crippen molar-refractivity contribution in [1.82, 2.24) is 4.98 Å². The molecule has 92 valence electrons. The van der Waals surface area contributed by atoms with Gasteiger partial charge < -0.3 is 0 Å². The van der Waals surface area contributed by atoms with Gasteiger partial charge in [-0.3, -0.25) is 9.69 Å². The number of rotatable bonds is 3. The highest BCUT2D eigenvalue weighted by Gasteiger charge is 2.31. The van der Waals surface area contributed by atoms with Gasteiger partial charge in [0.05, 0.1) is 0 Å². The molecule has 0 radical (unpaired) electrons. The lowest BCUT2D eigenvalue weighted by atomic mass is 10.1. The number of carbonyl (C=O) groups is 1. The lowest BCUT2D eigenvalue weighted by Gasteiger charge is -2.19. The van der Waals surface area contributed by atoms with E-state index in [1.54, 1.807) is 0 Å². The van der Waals surface area contributed by atoms with Gasteiger partial charge in [-0.15, -0.1) is 0 Å². The molecule has 1 aliphatic rings. The van der Waals surface area contributed by atoms with E-state index in [2.05, 4.69) is 30.6 Å². The summed E-state index contributed by atoms with van der Waals surface area (Å²) in [5, 5.41) is 0. The largest absolute Gasteiger partial charge is 0.296 e. The SMILES string of the molecule is CCc1ccc(C)nc1N1CC(CS)CC1=O. The Morgan fingerprint density at radius 2 is 2.29 bits per heavy atom. The Labute approximate surface area is 108 Å². The molecule has 0 spiro atoms. The summed E-state index contributed by atoms with van der Waals surface area (Å²) >= 11 is 4.28. The summed E-state index contributed by atoms with van der Waals surface area (Å²) in [7, 11) is 0. The number of hydrogen-bond acceptors (Lipinski definition) is 3. The molecule has 1 aromatic rings. The molecule has 1 atom stereocenters. The number of anilines is 1. The van der Waals surface area contributed by atoms with Crippen molar-refractivity contribution < 1.29 is 4.79 Å². The smallest absolute Gasteiger partial charge is 0.228 e. The van der Waals surface area contributed by atoms with E-state index < -0.39 is 0 Å². The molecule has 0 saturated carbocycles. The minimum Gasteiger partial charge on any atom is -0.296 e. The van der Waals surface area contributed by atoms with Crippen LogP contribution in [0.3, 0.4) is 0 Å². The first-order valence-electron chi connectivity index (χ1n) is 6.03. The van der Waals surface area contributed by atoms with Crippen LogP contribution >= 0.6 is 12.6 Å². The molecule has 1 saturated heterocycles. The molecule has 4 heteroatoms. The van der Waals surface area contributed by atoms with Crippen LogP contribution in [0.4, 0.5) is 5.82 Å². The van der Waals surface area contributed by atoms with Gasteiger partial charge in [0.2, 0.25) is 5.91 Å². The minimum absolute atomic E-state index is 0.178. The predicted molar refractivity (Wildman–Crippen MR) is 72.7 cm³/mol. The molecule has 0 bridgehead atoms. The fourth-order valence-corrected chi connectivity index (χ4v) is 2.43. The summed E-state index contributed by atoms with van der Waals surface area (Å²) in [4.78, 5) is 18.3. The van der Waals surface area contributed by atoms with Gasteiger partial charge in [0.15, 0.2) is 0 Å². The van der Waals surface area contributed by atoms with Crippen molar-refractivity contribution in [3.63, 3.8) is 0 Å². The van der Waals surface area contributed by atoms with Gasteiger partial charge in [-0.05, 0) is 36.6 Å². The molecule has 2 heterocycles. The third-order valence-corrected chi connectivity index (χ3v) is 3.71. The molecule has 0 aliphatic carbocycles. The highest BCUT2D eigenvalue weighted by molar-refractivity contribution is 7.80. The summed E-state index contributed by atoms with van der Waals surface area (Å²) < 4.78 is 0. The molecular formula is C13H18N2OS. The highest BCUT2D eigenvalue weighted by Crippen LogP contribution is 2.27. The van der Waals surface area contributed by atoms with Crippen molar-refractivity contribution in [2.75, 3.05) is 17.2 Å². The third kappa shape index (κ3) is 2.46. The molecule has 0 aromatic carbocycles. The molecule has 0 N–H and O–H groups in total. The fraction of sp³-hybridized carbons (Fsp3) is 0.538. The Balaban J connectivity index is 2.33. The standard InChI is InChI=1S/C13H18N2OS/c1-3-11-5-4-9(2)14-13(11)15-7-10(8-17)6-12(15)16/h4-5,10,17H,3,6-8H2,1-2H3. The Kier molecular flexibility index (Phi) is 3.72. The molecular weight excluding hydrogens is 232 g/mol. The second-order valence-electron chi connectivity index (χ2n) is 4.55. The maximum atomic E-state index is 12.0. The van der Waals surface area contributed by atoms with Crippen LogP contribution in [-0.4, -0.2) is 23.2 Å². The monoisotopic (exact) mass is 250 g/mol. The van der Waals surface area contributed by atoms with Gasteiger partial charge in [-0.2, -0.15) is 12.6 Å². The number of aromatic nitrogens is 1. The van der Waals surface area contributed by atoms with E-state index in [0.717, 1.165) is 35.8 Å². The number of hydrogen-bond donors (Lipinski definition) is 1. The van der Waals surface area contributed by atoms with E-state index in [1.165, 1.54) is 0 Å². The van der Waals surface area contributed by atoms with Gasteiger partial charge in [0.25, 0.3) is 0 Å².